The van der Waals surface area contributed by atoms with E-state index in [0.717, 1.165) is 6.20 Å². The Kier molecular flexibility index (Phi) is 3.85. The van der Waals surface area contributed by atoms with Crippen LogP contribution in [0.4, 0.5) is 8.78 Å². The van der Waals surface area contributed by atoms with Gasteiger partial charge in [0.25, 0.3) is 0 Å². The van der Waals surface area contributed by atoms with Gasteiger partial charge in [0.2, 0.25) is 5.88 Å². The third kappa shape index (κ3) is 3.54. The first-order valence-electron chi connectivity index (χ1n) is 5.34. The summed E-state index contributed by atoms with van der Waals surface area (Å²) >= 11 is 4.88. The highest BCUT2D eigenvalue weighted by atomic mass is 35.5. The first-order chi connectivity index (χ1) is 8.99. The molecule has 0 unspecified atom stereocenters. The summed E-state index contributed by atoms with van der Waals surface area (Å²) in [5.74, 6) is 1.42. The smallest absolute Gasteiger partial charge is 0.349 e. The predicted octanol–water partition coefficient (Wildman–Crippen LogP) is 4.17. The summed E-state index contributed by atoms with van der Waals surface area (Å²) in [5.41, 5.74) is -0.378. The number of pyridine rings is 1. The second kappa shape index (κ2) is 5.40. The van der Waals surface area contributed by atoms with Crippen molar-refractivity contribution in [3.8, 4) is 17.4 Å². The summed E-state index contributed by atoms with van der Waals surface area (Å²) in [6.45, 7) is 0. The molecule has 0 amide bonds. The number of hydrogen-bond acceptors (Lipinski definition) is 3. The van der Waals surface area contributed by atoms with Crippen LogP contribution in [0.3, 0.4) is 0 Å². The van der Waals surface area contributed by atoms with Gasteiger partial charge in [-0.2, -0.15) is 8.78 Å². The highest BCUT2D eigenvalue weighted by molar-refractivity contribution is 6.21. The number of rotatable bonds is 4. The van der Waals surface area contributed by atoms with Crippen LogP contribution in [0.2, 0.25) is 0 Å². The molecule has 0 aliphatic rings. The molecule has 19 heavy (non-hydrogen) atoms. The lowest BCUT2D eigenvalue weighted by atomic mass is 10.3. The van der Waals surface area contributed by atoms with Crippen molar-refractivity contribution in [1.82, 2.24) is 4.98 Å². The van der Waals surface area contributed by atoms with Crippen LogP contribution in [0.25, 0.3) is 0 Å². The average Bonchev–Trinajstić information content (AvgIpc) is 2.39. The quantitative estimate of drug-likeness (QED) is 0.790. The average molecular weight is 286 g/mol. The Hall–Kier alpha value is -1.88. The van der Waals surface area contributed by atoms with Gasteiger partial charge in [-0.25, -0.2) is 4.98 Å². The van der Waals surface area contributed by atoms with Gasteiger partial charge in [-0.1, -0.05) is 0 Å². The molecule has 0 radical (unpaired) electrons. The molecule has 0 N–H and O–H groups in total. The van der Waals surface area contributed by atoms with Crippen molar-refractivity contribution in [2.75, 3.05) is 7.11 Å². The van der Waals surface area contributed by atoms with Crippen LogP contribution in [-0.2, 0) is 5.38 Å². The lowest BCUT2D eigenvalue weighted by Gasteiger charge is -2.09. The lowest BCUT2D eigenvalue weighted by Crippen LogP contribution is -2.03. The van der Waals surface area contributed by atoms with E-state index < -0.39 is 5.38 Å². The van der Waals surface area contributed by atoms with Gasteiger partial charge in [-0.15, -0.1) is 0 Å². The van der Waals surface area contributed by atoms with Gasteiger partial charge in [-0.3, -0.25) is 0 Å². The van der Waals surface area contributed by atoms with Crippen LogP contribution >= 0.6 is 11.6 Å². The monoisotopic (exact) mass is 285 g/mol. The molecule has 0 aliphatic carbocycles. The third-order valence-electron chi connectivity index (χ3n) is 2.35. The molecule has 100 valence electrons. The van der Waals surface area contributed by atoms with E-state index in [-0.39, 0.29) is 11.4 Å². The molecule has 3 nitrogen and oxygen atoms in total. The number of halogens is 3. The van der Waals surface area contributed by atoms with Crippen molar-refractivity contribution in [3.63, 3.8) is 0 Å². The van der Waals surface area contributed by atoms with E-state index in [9.17, 15) is 8.78 Å². The Balaban J connectivity index is 2.10. The van der Waals surface area contributed by atoms with Crippen LogP contribution in [-0.4, -0.2) is 12.1 Å². The molecule has 0 spiro atoms. The Labute approximate surface area is 113 Å². The summed E-state index contributed by atoms with van der Waals surface area (Å²) in [6, 6.07) is 9.30. The van der Waals surface area contributed by atoms with Gasteiger partial charge in [0.1, 0.15) is 11.5 Å². The minimum absolute atomic E-state index is 0.204. The van der Waals surface area contributed by atoms with Crippen LogP contribution in [0.15, 0.2) is 42.6 Å². The number of benzene rings is 1. The number of ether oxygens (including phenoxy) is 2. The standard InChI is InChI=1S/C13H10ClF2NO2/c1-18-10-3-5-11(6-4-10)19-12-7-2-9(8-17-12)13(14,15)16/h2-8H,1H3. The minimum Gasteiger partial charge on any atom is -0.497 e. The molecule has 6 heteroatoms. The van der Waals surface area contributed by atoms with Crippen molar-refractivity contribution in [2.45, 2.75) is 5.38 Å². The summed E-state index contributed by atoms with van der Waals surface area (Å²) in [6.07, 6.45) is 0.978. The molecule has 0 bridgehead atoms. The second-order valence-corrected chi connectivity index (χ2v) is 4.14. The van der Waals surface area contributed by atoms with Crippen molar-refractivity contribution in [1.29, 1.82) is 0 Å². The van der Waals surface area contributed by atoms with Gasteiger partial charge >= 0.3 is 5.38 Å². The van der Waals surface area contributed by atoms with Gasteiger partial charge in [0, 0.05) is 12.3 Å². The fourth-order valence-electron chi connectivity index (χ4n) is 1.37. The number of hydrogen-bond donors (Lipinski definition) is 0. The van der Waals surface area contributed by atoms with E-state index in [1.54, 1.807) is 31.4 Å². The van der Waals surface area contributed by atoms with Crippen molar-refractivity contribution in [2.24, 2.45) is 0 Å². The molecule has 2 aromatic rings. The molecular weight excluding hydrogens is 276 g/mol. The van der Waals surface area contributed by atoms with Crippen LogP contribution < -0.4 is 9.47 Å². The molecule has 0 atom stereocenters. The molecule has 0 fully saturated rings. The molecule has 0 saturated heterocycles. The van der Waals surface area contributed by atoms with E-state index >= 15 is 0 Å². The zero-order chi connectivity index (χ0) is 13.9. The number of nitrogens with zero attached hydrogens (tertiary/aromatic N) is 1. The molecule has 2 rings (SSSR count). The lowest BCUT2D eigenvalue weighted by molar-refractivity contribution is 0.0946. The zero-order valence-corrected chi connectivity index (χ0v) is 10.7. The van der Waals surface area contributed by atoms with Gasteiger partial charge in [-0.05, 0) is 41.9 Å². The Bertz CT molecular complexity index is 538. The molecule has 1 aromatic carbocycles. The largest absolute Gasteiger partial charge is 0.497 e. The van der Waals surface area contributed by atoms with Gasteiger partial charge in [0.15, 0.2) is 0 Å². The van der Waals surface area contributed by atoms with E-state index in [4.69, 9.17) is 21.1 Å². The Morgan fingerprint density at radius 2 is 1.68 bits per heavy atom. The first-order valence-corrected chi connectivity index (χ1v) is 5.72. The van der Waals surface area contributed by atoms with Gasteiger partial charge in [0.05, 0.1) is 12.7 Å². The normalized spacial score (nSPS) is 11.2. The van der Waals surface area contributed by atoms with E-state index in [2.05, 4.69) is 4.98 Å². The maximum atomic E-state index is 12.8. The molecule has 0 aliphatic heterocycles. The molecule has 1 heterocycles. The summed E-state index contributed by atoms with van der Waals surface area (Å²) in [5, 5.41) is -3.42. The molecule has 1 aromatic heterocycles. The summed E-state index contributed by atoms with van der Waals surface area (Å²) in [4.78, 5) is 3.77. The van der Waals surface area contributed by atoms with Crippen LogP contribution in [0.1, 0.15) is 5.56 Å². The zero-order valence-electron chi connectivity index (χ0n) is 9.94. The highest BCUT2D eigenvalue weighted by Crippen LogP contribution is 2.32. The van der Waals surface area contributed by atoms with Crippen LogP contribution in [0.5, 0.6) is 17.4 Å². The highest BCUT2D eigenvalue weighted by Gasteiger charge is 2.28. The number of methoxy groups -OCH3 is 1. The first kappa shape index (κ1) is 13.5. The predicted molar refractivity (Wildman–Crippen MR) is 67.1 cm³/mol. The maximum absolute atomic E-state index is 12.8. The van der Waals surface area contributed by atoms with E-state index in [1.807, 2.05) is 0 Å². The fraction of sp³-hybridized carbons (Fsp3) is 0.154. The van der Waals surface area contributed by atoms with Crippen LogP contribution in [0, 0.1) is 0 Å². The Morgan fingerprint density at radius 1 is 1.05 bits per heavy atom. The Morgan fingerprint density at radius 3 is 2.16 bits per heavy atom. The molecule has 0 saturated carbocycles. The van der Waals surface area contributed by atoms with Crippen molar-refractivity contribution in [3.05, 3.63) is 48.2 Å². The van der Waals surface area contributed by atoms with Gasteiger partial charge < -0.3 is 9.47 Å². The SMILES string of the molecule is COc1ccc(Oc2ccc(C(F)(F)Cl)cn2)cc1. The van der Waals surface area contributed by atoms with E-state index in [1.165, 1.54) is 12.1 Å². The second-order valence-electron chi connectivity index (χ2n) is 3.66. The molecular formula is C13H10ClF2NO2. The number of aromatic nitrogens is 1. The summed E-state index contributed by atoms with van der Waals surface area (Å²) in [7, 11) is 1.56. The van der Waals surface area contributed by atoms with E-state index in [0.29, 0.717) is 11.5 Å². The fourth-order valence-corrected chi connectivity index (χ4v) is 1.48. The van der Waals surface area contributed by atoms with Crippen molar-refractivity contribution >= 4 is 11.6 Å². The van der Waals surface area contributed by atoms with Crippen molar-refractivity contribution < 1.29 is 18.3 Å². The summed E-state index contributed by atoms with van der Waals surface area (Å²) < 4.78 is 35.9. The topological polar surface area (TPSA) is 31.4 Å². The minimum atomic E-state index is -3.42. The maximum Gasteiger partial charge on any atom is 0.349 e. The number of alkyl halides is 3. The third-order valence-corrected chi connectivity index (χ3v) is 2.56.